The van der Waals surface area contributed by atoms with Crippen LogP contribution in [0.1, 0.15) is 51.5 Å². The SMILES string of the molecule is CN1C(=O)C=C[C@]2(C)[C@H]3CC[C@]4(C)[C@@H](O)[C@H](Cc5ccc(OC(F)(F)F)cc5)C[C@H]4[C@@H]3CC[C@@H]12. The first-order chi connectivity index (χ1) is 15.9. The van der Waals surface area contributed by atoms with Gasteiger partial charge in [0.1, 0.15) is 5.75 Å². The molecule has 0 bridgehead atoms. The molecule has 0 unspecified atom stereocenters. The van der Waals surface area contributed by atoms with Gasteiger partial charge in [0.15, 0.2) is 0 Å². The zero-order valence-electron chi connectivity index (χ0n) is 20.0. The van der Waals surface area contributed by atoms with Gasteiger partial charge in [-0.25, -0.2) is 0 Å². The molecule has 5 rings (SSSR count). The number of hydrogen-bond acceptors (Lipinski definition) is 3. The van der Waals surface area contributed by atoms with E-state index in [1.807, 2.05) is 11.9 Å². The zero-order valence-corrected chi connectivity index (χ0v) is 20.0. The molecule has 1 heterocycles. The lowest BCUT2D eigenvalue weighted by atomic mass is 9.48. The Hall–Kier alpha value is -2.02. The first-order valence-electron chi connectivity index (χ1n) is 12.4. The Labute approximate surface area is 199 Å². The topological polar surface area (TPSA) is 49.8 Å². The molecule has 8 atom stereocenters. The van der Waals surface area contributed by atoms with Gasteiger partial charge in [0.05, 0.1) is 6.10 Å². The predicted molar refractivity (Wildman–Crippen MR) is 122 cm³/mol. The van der Waals surface area contributed by atoms with E-state index in [0.29, 0.717) is 24.2 Å². The Bertz CT molecular complexity index is 976. The van der Waals surface area contributed by atoms with E-state index in [1.165, 1.54) is 12.1 Å². The third-order valence-corrected chi connectivity index (χ3v) is 9.90. The Morgan fingerprint density at radius 3 is 2.50 bits per heavy atom. The summed E-state index contributed by atoms with van der Waals surface area (Å²) in [5, 5.41) is 11.4. The molecule has 4 aliphatic rings. The minimum atomic E-state index is -4.70. The number of alkyl halides is 3. The van der Waals surface area contributed by atoms with E-state index in [-0.39, 0.29) is 34.4 Å². The van der Waals surface area contributed by atoms with Crippen molar-refractivity contribution in [3.05, 3.63) is 42.0 Å². The van der Waals surface area contributed by atoms with Crippen molar-refractivity contribution in [1.82, 2.24) is 4.90 Å². The van der Waals surface area contributed by atoms with Gasteiger partial charge in [0.25, 0.3) is 0 Å². The van der Waals surface area contributed by atoms with E-state index in [1.54, 1.807) is 18.2 Å². The van der Waals surface area contributed by atoms with Crippen LogP contribution < -0.4 is 4.74 Å². The normalized spacial score (nSPS) is 41.6. The maximum Gasteiger partial charge on any atom is 0.573 e. The van der Waals surface area contributed by atoms with Crippen LogP contribution >= 0.6 is 0 Å². The van der Waals surface area contributed by atoms with Gasteiger partial charge in [0.2, 0.25) is 5.91 Å². The molecule has 4 nitrogen and oxygen atoms in total. The molecule has 1 aromatic rings. The van der Waals surface area contributed by atoms with Crippen LogP contribution in [0.5, 0.6) is 5.75 Å². The number of ether oxygens (including phenoxy) is 1. The molecule has 0 radical (unpaired) electrons. The Morgan fingerprint density at radius 1 is 1.12 bits per heavy atom. The maximum atomic E-state index is 12.5. The Morgan fingerprint density at radius 2 is 1.82 bits per heavy atom. The van der Waals surface area contributed by atoms with Crippen LogP contribution in [-0.2, 0) is 11.2 Å². The van der Waals surface area contributed by atoms with Gasteiger partial charge in [-0.05, 0) is 91.4 Å². The van der Waals surface area contributed by atoms with Crippen molar-refractivity contribution in [2.24, 2.45) is 34.5 Å². The molecule has 3 fully saturated rings. The molecule has 1 aromatic carbocycles. The second-order valence-electron chi connectivity index (χ2n) is 11.5. The molecule has 0 saturated heterocycles. The van der Waals surface area contributed by atoms with E-state index in [0.717, 1.165) is 37.7 Å². The summed E-state index contributed by atoms with van der Waals surface area (Å²) in [4.78, 5) is 14.2. The fraction of sp³-hybridized carbons (Fsp3) is 0.667. The molecule has 0 spiro atoms. The van der Waals surface area contributed by atoms with Gasteiger partial charge in [-0.2, -0.15) is 0 Å². The van der Waals surface area contributed by atoms with E-state index in [2.05, 4.69) is 24.7 Å². The quantitative estimate of drug-likeness (QED) is 0.638. The summed E-state index contributed by atoms with van der Waals surface area (Å²) in [5.74, 6) is 1.35. The number of hydrogen-bond donors (Lipinski definition) is 1. The maximum absolute atomic E-state index is 12.5. The highest BCUT2D eigenvalue weighted by Crippen LogP contribution is 2.65. The van der Waals surface area contributed by atoms with Crippen molar-refractivity contribution < 1.29 is 27.8 Å². The lowest BCUT2D eigenvalue weighted by Crippen LogP contribution is -2.59. The number of nitrogens with zero attached hydrogens (tertiary/aromatic N) is 1. The lowest BCUT2D eigenvalue weighted by Gasteiger charge is -2.60. The highest BCUT2D eigenvalue weighted by atomic mass is 19.4. The van der Waals surface area contributed by atoms with E-state index < -0.39 is 12.5 Å². The summed E-state index contributed by atoms with van der Waals surface area (Å²) >= 11 is 0. The standard InChI is InChI=1S/C27H34F3NO3/c1-25-13-11-23(32)31(3)22(25)9-8-19-20(25)10-12-26(2)21(19)15-17(24(26)33)14-16-4-6-18(7-5-16)34-27(28,29)30/h4-7,11,13,17,19-22,24,33H,8-10,12,14-15H2,1-3H3/t17-,19-,20+,21+,22-,24+,25-,26+/m1/s1. The van der Waals surface area contributed by atoms with Crippen molar-refractivity contribution >= 4 is 5.91 Å². The average Bonchev–Trinajstić information content (AvgIpc) is 3.02. The molecular weight excluding hydrogens is 443 g/mol. The number of rotatable bonds is 3. The molecule has 1 amide bonds. The van der Waals surface area contributed by atoms with Crippen molar-refractivity contribution in [2.45, 2.75) is 70.9 Å². The largest absolute Gasteiger partial charge is 0.573 e. The van der Waals surface area contributed by atoms with Crippen LogP contribution in [0, 0.1) is 34.5 Å². The smallest absolute Gasteiger partial charge is 0.406 e. The van der Waals surface area contributed by atoms with Crippen LogP contribution in [0.15, 0.2) is 36.4 Å². The van der Waals surface area contributed by atoms with Gasteiger partial charge in [-0.3, -0.25) is 4.79 Å². The van der Waals surface area contributed by atoms with Gasteiger partial charge in [0, 0.05) is 18.5 Å². The summed E-state index contributed by atoms with van der Waals surface area (Å²) in [6.07, 6.45) is 4.41. The monoisotopic (exact) mass is 477 g/mol. The Balaban J connectivity index is 1.34. The summed E-state index contributed by atoms with van der Waals surface area (Å²) < 4.78 is 41.4. The third-order valence-electron chi connectivity index (χ3n) is 9.90. The van der Waals surface area contributed by atoms with Gasteiger partial charge >= 0.3 is 6.36 Å². The van der Waals surface area contributed by atoms with Crippen LogP contribution in [0.4, 0.5) is 13.2 Å². The lowest BCUT2D eigenvalue weighted by molar-refractivity contribution is -0.274. The fourth-order valence-electron chi connectivity index (χ4n) is 8.22. The summed E-state index contributed by atoms with van der Waals surface area (Å²) in [5.41, 5.74) is 0.738. The number of carbonyl (C=O) groups is 1. The van der Waals surface area contributed by atoms with Crippen molar-refractivity contribution in [3.63, 3.8) is 0 Å². The Kier molecular flexibility index (Phi) is 5.58. The number of benzene rings is 1. The number of fused-ring (bicyclic) bond motifs is 5. The summed E-state index contributed by atoms with van der Waals surface area (Å²) in [6.45, 7) is 4.55. The van der Waals surface area contributed by atoms with Crippen LogP contribution in [0.25, 0.3) is 0 Å². The number of aliphatic hydroxyl groups is 1. The molecule has 186 valence electrons. The van der Waals surface area contributed by atoms with E-state index in [9.17, 15) is 23.1 Å². The first kappa shape index (κ1) is 23.7. The second kappa shape index (κ2) is 8.00. The molecule has 1 aliphatic heterocycles. The fourth-order valence-corrected chi connectivity index (χ4v) is 8.22. The third kappa shape index (κ3) is 3.75. The highest BCUT2D eigenvalue weighted by Gasteiger charge is 2.62. The van der Waals surface area contributed by atoms with Gasteiger partial charge in [-0.15, -0.1) is 13.2 Å². The van der Waals surface area contributed by atoms with Crippen molar-refractivity contribution in [3.8, 4) is 5.75 Å². The molecule has 1 N–H and O–H groups in total. The highest BCUT2D eigenvalue weighted by molar-refractivity contribution is 5.89. The second-order valence-corrected chi connectivity index (χ2v) is 11.5. The minimum absolute atomic E-state index is 0.0374. The molecular formula is C27H34F3NO3. The summed E-state index contributed by atoms with van der Waals surface area (Å²) in [7, 11) is 1.92. The summed E-state index contributed by atoms with van der Waals surface area (Å²) in [6, 6.07) is 6.28. The molecule has 0 aromatic heterocycles. The van der Waals surface area contributed by atoms with E-state index in [4.69, 9.17) is 0 Å². The van der Waals surface area contributed by atoms with E-state index >= 15 is 0 Å². The number of carbonyl (C=O) groups excluding carboxylic acids is 1. The van der Waals surface area contributed by atoms with Gasteiger partial charge < -0.3 is 14.7 Å². The van der Waals surface area contributed by atoms with Crippen LogP contribution in [0.2, 0.25) is 0 Å². The van der Waals surface area contributed by atoms with Crippen molar-refractivity contribution in [2.75, 3.05) is 7.05 Å². The molecule has 3 saturated carbocycles. The van der Waals surface area contributed by atoms with Crippen LogP contribution in [-0.4, -0.2) is 41.5 Å². The minimum Gasteiger partial charge on any atom is -0.406 e. The number of amides is 1. The zero-order chi connectivity index (χ0) is 24.5. The first-order valence-corrected chi connectivity index (χ1v) is 12.4. The number of likely N-dealkylation sites (N-methyl/N-ethyl adjacent to an activating group) is 1. The number of aliphatic hydroxyl groups excluding tert-OH is 1. The molecule has 34 heavy (non-hydrogen) atoms. The number of halogens is 3. The van der Waals surface area contributed by atoms with Crippen LogP contribution in [0.3, 0.4) is 0 Å². The predicted octanol–water partition coefficient (Wildman–Crippen LogP) is 5.35. The van der Waals surface area contributed by atoms with Gasteiger partial charge in [-0.1, -0.05) is 32.1 Å². The average molecular weight is 478 g/mol. The molecule has 7 heteroatoms. The van der Waals surface area contributed by atoms with Crippen molar-refractivity contribution in [1.29, 1.82) is 0 Å². The molecule has 3 aliphatic carbocycles.